The van der Waals surface area contributed by atoms with Crippen molar-refractivity contribution in [2.75, 3.05) is 18.8 Å². The van der Waals surface area contributed by atoms with Gasteiger partial charge in [-0.2, -0.15) is 11.8 Å². The predicted molar refractivity (Wildman–Crippen MR) is 55.6 cm³/mol. The Morgan fingerprint density at radius 2 is 2.33 bits per heavy atom. The zero-order valence-corrected chi connectivity index (χ0v) is 8.70. The lowest BCUT2D eigenvalue weighted by molar-refractivity contribution is 0.391. The van der Waals surface area contributed by atoms with E-state index in [1.807, 2.05) is 0 Å². The zero-order valence-electron chi connectivity index (χ0n) is 7.88. The quantitative estimate of drug-likeness (QED) is 0.707. The molecule has 0 radical (unpaired) electrons. The fourth-order valence-corrected chi connectivity index (χ4v) is 3.76. The van der Waals surface area contributed by atoms with Gasteiger partial charge in [0.2, 0.25) is 0 Å². The molecule has 2 aliphatic rings. The molecule has 2 heterocycles. The van der Waals surface area contributed by atoms with Gasteiger partial charge in [-0.3, -0.25) is 0 Å². The summed E-state index contributed by atoms with van der Waals surface area (Å²) in [6.45, 7) is 4.96. The normalized spacial score (nSPS) is 42.2. The van der Waals surface area contributed by atoms with Crippen LogP contribution in [0.5, 0.6) is 0 Å². The standard InChI is InChI=1S/C10H19NS/c1-8-10(3-5-12-8)6-9-2-4-11-7-9/h8-11H,2-7H2,1H3. The Kier molecular flexibility index (Phi) is 2.97. The second-order valence-corrected chi connectivity index (χ2v) is 5.70. The Hall–Kier alpha value is 0.310. The number of rotatable bonds is 2. The maximum Gasteiger partial charge on any atom is 0.00473 e. The van der Waals surface area contributed by atoms with Gasteiger partial charge < -0.3 is 5.32 Å². The Balaban J connectivity index is 1.77. The SMILES string of the molecule is CC1SCCC1CC1CCNC1. The van der Waals surface area contributed by atoms with Crippen LogP contribution in [0, 0.1) is 11.8 Å². The molecule has 3 atom stereocenters. The zero-order chi connectivity index (χ0) is 8.39. The Morgan fingerprint density at radius 1 is 1.42 bits per heavy atom. The first-order valence-corrected chi connectivity index (χ1v) is 6.23. The molecule has 2 fully saturated rings. The molecule has 2 heteroatoms. The molecule has 3 unspecified atom stereocenters. The summed E-state index contributed by atoms with van der Waals surface area (Å²) in [6, 6.07) is 0. The smallest absolute Gasteiger partial charge is 0.00473 e. The molecule has 0 aliphatic carbocycles. The van der Waals surface area contributed by atoms with E-state index in [1.165, 1.54) is 38.1 Å². The van der Waals surface area contributed by atoms with Gasteiger partial charge >= 0.3 is 0 Å². The number of hydrogen-bond donors (Lipinski definition) is 1. The van der Waals surface area contributed by atoms with E-state index in [1.54, 1.807) is 0 Å². The molecule has 0 amide bonds. The van der Waals surface area contributed by atoms with Gasteiger partial charge in [0.05, 0.1) is 0 Å². The predicted octanol–water partition coefficient (Wildman–Crippen LogP) is 2.13. The molecule has 2 aliphatic heterocycles. The summed E-state index contributed by atoms with van der Waals surface area (Å²) in [5, 5.41) is 4.39. The fourth-order valence-electron chi connectivity index (χ4n) is 2.43. The molecule has 2 saturated heterocycles. The lowest BCUT2D eigenvalue weighted by Gasteiger charge is -2.17. The van der Waals surface area contributed by atoms with Crippen LogP contribution in [0.25, 0.3) is 0 Å². The third-order valence-electron chi connectivity index (χ3n) is 3.33. The highest BCUT2D eigenvalue weighted by atomic mass is 32.2. The first-order valence-electron chi connectivity index (χ1n) is 5.18. The van der Waals surface area contributed by atoms with Crippen molar-refractivity contribution in [3.8, 4) is 0 Å². The molecule has 2 rings (SSSR count). The largest absolute Gasteiger partial charge is 0.316 e. The summed E-state index contributed by atoms with van der Waals surface area (Å²) >= 11 is 2.17. The van der Waals surface area contributed by atoms with Gasteiger partial charge in [-0.25, -0.2) is 0 Å². The summed E-state index contributed by atoms with van der Waals surface area (Å²) in [4.78, 5) is 0. The van der Waals surface area contributed by atoms with Gasteiger partial charge in [-0.05, 0) is 49.9 Å². The average Bonchev–Trinajstić information content (AvgIpc) is 2.65. The van der Waals surface area contributed by atoms with E-state index in [4.69, 9.17) is 0 Å². The van der Waals surface area contributed by atoms with Gasteiger partial charge in [-0.15, -0.1) is 0 Å². The van der Waals surface area contributed by atoms with Gasteiger partial charge in [-0.1, -0.05) is 6.92 Å². The van der Waals surface area contributed by atoms with Crippen LogP contribution < -0.4 is 5.32 Å². The summed E-state index contributed by atoms with van der Waals surface area (Å²) in [5.41, 5.74) is 0. The molecule has 12 heavy (non-hydrogen) atoms. The number of hydrogen-bond acceptors (Lipinski definition) is 2. The molecule has 0 aromatic rings. The van der Waals surface area contributed by atoms with Crippen molar-refractivity contribution in [2.24, 2.45) is 11.8 Å². The van der Waals surface area contributed by atoms with Crippen LogP contribution in [0.4, 0.5) is 0 Å². The van der Waals surface area contributed by atoms with Crippen LogP contribution in [0.2, 0.25) is 0 Å². The monoisotopic (exact) mass is 185 g/mol. The maximum absolute atomic E-state index is 3.45. The molecular formula is C10H19NS. The third-order valence-corrected chi connectivity index (χ3v) is 4.71. The minimum Gasteiger partial charge on any atom is -0.316 e. The molecule has 1 nitrogen and oxygen atoms in total. The Bertz CT molecular complexity index is 143. The van der Waals surface area contributed by atoms with Crippen molar-refractivity contribution in [2.45, 2.75) is 31.4 Å². The van der Waals surface area contributed by atoms with Crippen molar-refractivity contribution in [3.05, 3.63) is 0 Å². The summed E-state index contributed by atoms with van der Waals surface area (Å²) in [6.07, 6.45) is 4.39. The molecule has 1 N–H and O–H groups in total. The van der Waals surface area contributed by atoms with Crippen LogP contribution in [-0.2, 0) is 0 Å². The molecule has 0 saturated carbocycles. The van der Waals surface area contributed by atoms with E-state index in [0.29, 0.717) is 0 Å². The summed E-state index contributed by atoms with van der Waals surface area (Å²) in [5.74, 6) is 3.43. The van der Waals surface area contributed by atoms with Crippen LogP contribution in [0.15, 0.2) is 0 Å². The van der Waals surface area contributed by atoms with Gasteiger partial charge in [0.1, 0.15) is 0 Å². The van der Waals surface area contributed by atoms with E-state index in [2.05, 4.69) is 24.0 Å². The van der Waals surface area contributed by atoms with Crippen molar-refractivity contribution in [1.82, 2.24) is 5.32 Å². The molecule has 0 aromatic heterocycles. The molecule has 0 bridgehead atoms. The Morgan fingerprint density at radius 3 is 2.92 bits per heavy atom. The van der Waals surface area contributed by atoms with E-state index >= 15 is 0 Å². The summed E-state index contributed by atoms with van der Waals surface area (Å²) in [7, 11) is 0. The van der Waals surface area contributed by atoms with Crippen molar-refractivity contribution in [1.29, 1.82) is 0 Å². The molecule has 0 spiro atoms. The second kappa shape index (κ2) is 4.01. The van der Waals surface area contributed by atoms with Crippen LogP contribution >= 0.6 is 11.8 Å². The highest BCUT2D eigenvalue weighted by Crippen LogP contribution is 2.36. The lowest BCUT2D eigenvalue weighted by atomic mass is 9.90. The van der Waals surface area contributed by atoms with Crippen LogP contribution in [0.1, 0.15) is 26.2 Å². The minimum absolute atomic E-state index is 0.936. The van der Waals surface area contributed by atoms with Gasteiger partial charge in [0.15, 0.2) is 0 Å². The van der Waals surface area contributed by atoms with E-state index in [0.717, 1.165) is 17.1 Å². The Labute approximate surface area is 79.7 Å². The summed E-state index contributed by atoms with van der Waals surface area (Å²) < 4.78 is 0. The van der Waals surface area contributed by atoms with Crippen molar-refractivity contribution < 1.29 is 0 Å². The first-order chi connectivity index (χ1) is 5.86. The topological polar surface area (TPSA) is 12.0 Å². The van der Waals surface area contributed by atoms with Crippen LogP contribution in [-0.4, -0.2) is 24.1 Å². The van der Waals surface area contributed by atoms with E-state index < -0.39 is 0 Å². The van der Waals surface area contributed by atoms with Crippen molar-refractivity contribution in [3.63, 3.8) is 0 Å². The first kappa shape index (κ1) is 8.89. The third kappa shape index (κ3) is 1.97. The second-order valence-electron chi connectivity index (χ2n) is 4.22. The van der Waals surface area contributed by atoms with E-state index in [-0.39, 0.29) is 0 Å². The lowest BCUT2D eigenvalue weighted by Crippen LogP contribution is -2.15. The molecule has 0 aromatic carbocycles. The molecular weight excluding hydrogens is 166 g/mol. The average molecular weight is 185 g/mol. The van der Waals surface area contributed by atoms with E-state index in [9.17, 15) is 0 Å². The highest BCUT2D eigenvalue weighted by molar-refractivity contribution is 8.00. The van der Waals surface area contributed by atoms with Gasteiger partial charge in [0, 0.05) is 5.25 Å². The molecule has 70 valence electrons. The fraction of sp³-hybridized carbons (Fsp3) is 1.00. The number of thioether (sulfide) groups is 1. The van der Waals surface area contributed by atoms with Gasteiger partial charge in [0.25, 0.3) is 0 Å². The maximum atomic E-state index is 3.45. The highest BCUT2D eigenvalue weighted by Gasteiger charge is 2.27. The van der Waals surface area contributed by atoms with Crippen LogP contribution in [0.3, 0.4) is 0 Å². The van der Waals surface area contributed by atoms with Crippen molar-refractivity contribution >= 4 is 11.8 Å². The minimum atomic E-state index is 0.936. The number of nitrogens with one attached hydrogen (secondary N) is 1.